The lowest BCUT2D eigenvalue weighted by Crippen LogP contribution is -2.31. The average molecular weight is 524 g/mol. The van der Waals surface area contributed by atoms with Crippen LogP contribution in [0.4, 0.5) is 19.0 Å². The number of imidazole rings is 1. The van der Waals surface area contributed by atoms with E-state index in [1.165, 1.54) is 12.1 Å². The van der Waals surface area contributed by atoms with Crippen molar-refractivity contribution in [3.05, 3.63) is 71.0 Å². The topological polar surface area (TPSA) is 92.9 Å². The number of carbonyl (C=O) groups is 1. The molecule has 1 fully saturated rings. The molecule has 4 aromatic rings. The Morgan fingerprint density at radius 3 is 2.45 bits per heavy atom. The van der Waals surface area contributed by atoms with Crippen LogP contribution in [0.3, 0.4) is 0 Å². The molecule has 2 aromatic carbocycles. The first-order chi connectivity index (χ1) is 18.1. The van der Waals surface area contributed by atoms with Crippen molar-refractivity contribution in [2.24, 2.45) is 5.92 Å². The van der Waals surface area contributed by atoms with Crippen molar-refractivity contribution in [2.45, 2.75) is 58.3 Å². The van der Waals surface area contributed by atoms with Gasteiger partial charge >= 0.3 is 12.1 Å². The summed E-state index contributed by atoms with van der Waals surface area (Å²) in [6, 6.07) is 12.9. The molecule has 1 unspecified atom stereocenters. The monoisotopic (exact) mass is 523 g/mol. The number of anilines is 1. The van der Waals surface area contributed by atoms with Gasteiger partial charge in [-0.1, -0.05) is 43.7 Å². The number of hydrogen-bond donors (Lipinski definition) is 2. The summed E-state index contributed by atoms with van der Waals surface area (Å²) in [7, 11) is 0. The third-order valence-electron chi connectivity index (χ3n) is 7.23. The molecule has 1 aliphatic rings. The number of benzene rings is 2. The molecule has 5 rings (SSSR count). The first kappa shape index (κ1) is 25.7. The van der Waals surface area contributed by atoms with Crippen LogP contribution in [0.5, 0.6) is 0 Å². The molecule has 198 valence electrons. The molecule has 0 spiro atoms. The van der Waals surface area contributed by atoms with Crippen LogP contribution in [0.1, 0.15) is 60.4 Å². The highest BCUT2D eigenvalue weighted by molar-refractivity contribution is 5.92. The van der Waals surface area contributed by atoms with Gasteiger partial charge < -0.3 is 15.0 Å². The summed E-state index contributed by atoms with van der Waals surface area (Å²) in [6.45, 7) is 4.28. The number of nitrogens with zero attached hydrogens (tertiary/aromatic N) is 4. The van der Waals surface area contributed by atoms with Crippen LogP contribution in [-0.4, -0.2) is 36.6 Å². The van der Waals surface area contributed by atoms with Crippen molar-refractivity contribution in [1.82, 2.24) is 19.5 Å². The fourth-order valence-electron chi connectivity index (χ4n) is 4.79. The highest BCUT2D eigenvalue weighted by atomic mass is 19.4. The summed E-state index contributed by atoms with van der Waals surface area (Å²) in [5.41, 5.74) is 2.51. The van der Waals surface area contributed by atoms with E-state index in [0.29, 0.717) is 28.6 Å². The second kappa shape index (κ2) is 10.1. The zero-order chi connectivity index (χ0) is 27.0. The van der Waals surface area contributed by atoms with E-state index in [-0.39, 0.29) is 24.1 Å². The number of aryl methyl sites for hydroxylation is 1. The van der Waals surface area contributed by atoms with Gasteiger partial charge in [0.25, 0.3) is 0 Å². The third-order valence-corrected chi connectivity index (χ3v) is 7.23. The maximum Gasteiger partial charge on any atom is 0.416 e. The minimum Gasteiger partial charge on any atom is -0.475 e. The maximum absolute atomic E-state index is 13.2. The number of carboxylic acids is 1. The Labute approximate surface area is 217 Å². The second-order valence-electron chi connectivity index (χ2n) is 9.77. The number of aromatic nitrogens is 4. The van der Waals surface area contributed by atoms with Crippen molar-refractivity contribution < 1.29 is 23.1 Å². The van der Waals surface area contributed by atoms with Crippen molar-refractivity contribution >= 4 is 23.0 Å². The van der Waals surface area contributed by atoms with Crippen LogP contribution < -0.4 is 5.32 Å². The van der Waals surface area contributed by atoms with Crippen LogP contribution in [0, 0.1) is 5.92 Å². The number of hydrogen-bond acceptors (Lipinski definition) is 5. The van der Waals surface area contributed by atoms with Gasteiger partial charge in [-0.3, -0.25) is 0 Å². The highest BCUT2D eigenvalue weighted by Gasteiger charge is 2.30. The van der Waals surface area contributed by atoms with Crippen molar-refractivity contribution in [1.29, 1.82) is 0 Å². The van der Waals surface area contributed by atoms with Crippen LogP contribution in [0.15, 0.2) is 48.5 Å². The number of aromatic carboxylic acids is 1. The molecule has 38 heavy (non-hydrogen) atoms. The Kier molecular flexibility index (Phi) is 6.81. The number of alkyl halides is 3. The van der Waals surface area contributed by atoms with E-state index in [1.807, 2.05) is 42.7 Å². The summed E-state index contributed by atoms with van der Waals surface area (Å²) >= 11 is 0. The van der Waals surface area contributed by atoms with Crippen molar-refractivity contribution in [3.8, 4) is 11.4 Å². The van der Waals surface area contributed by atoms with Gasteiger partial charge in [0, 0.05) is 18.2 Å². The fourth-order valence-corrected chi connectivity index (χ4v) is 4.79. The van der Waals surface area contributed by atoms with Gasteiger partial charge in [0.15, 0.2) is 11.5 Å². The molecule has 0 aliphatic heterocycles. The number of fused-ring (bicyclic) bond motifs is 1. The molecular weight excluding hydrogens is 495 g/mol. The molecule has 0 saturated heterocycles. The van der Waals surface area contributed by atoms with Gasteiger partial charge in [-0.2, -0.15) is 13.2 Å². The molecule has 0 amide bonds. The molecular formula is C28H28F3N5O2. The predicted octanol–water partition coefficient (Wildman–Crippen LogP) is 6.42. The number of rotatable bonds is 8. The SMILES string of the molecule is CCc1cccc(-c2nc3nc(C(=O)O)nc(NC(C)C4CCC4)c3n2Cc2ccc(C(F)(F)F)cc2)c1. The number of nitrogens with one attached hydrogen (secondary N) is 1. The third kappa shape index (κ3) is 5.07. The Morgan fingerprint density at radius 2 is 1.84 bits per heavy atom. The number of carboxylic acid groups (broad SMARTS) is 1. The van der Waals surface area contributed by atoms with Crippen LogP contribution in [0.25, 0.3) is 22.6 Å². The van der Waals surface area contributed by atoms with Crippen LogP contribution in [0.2, 0.25) is 0 Å². The van der Waals surface area contributed by atoms with Gasteiger partial charge in [0.05, 0.1) is 5.56 Å². The van der Waals surface area contributed by atoms with Crippen molar-refractivity contribution in [3.63, 3.8) is 0 Å². The molecule has 0 bridgehead atoms. The number of halogens is 3. The molecule has 2 N–H and O–H groups in total. The Bertz CT molecular complexity index is 1480. The Balaban J connectivity index is 1.68. The zero-order valence-corrected chi connectivity index (χ0v) is 21.1. The van der Waals surface area contributed by atoms with Gasteiger partial charge in [-0.05, 0) is 61.4 Å². The Morgan fingerprint density at radius 1 is 1.11 bits per heavy atom. The molecule has 2 aromatic heterocycles. The molecule has 10 heteroatoms. The summed E-state index contributed by atoms with van der Waals surface area (Å²) in [6.07, 6.45) is -0.314. The maximum atomic E-state index is 13.2. The molecule has 1 aliphatic carbocycles. The summed E-state index contributed by atoms with van der Waals surface area (Å²) in [5, 5.41) is 13.1. The largest absolute Gasteiger partial charge is 0.475 e. The van der Waals surface area contributed by atoms with Gasteiger partial charge in [0.1, 0.15) is 11.3 Å². The van der Waals surface area contributed by atoms with Gasteiger partial charge in [-0.25, -0.2) is 19.7 Å². The molecule has 1 saturated carbocycles. The Hall–Kier alpha value is -3.95. The molecule has 1 atom stereocenters. The summed E-state index contributed by atoms with van der Waals surface area (Å²) in [5.74, 6) is -0.303. The van der Waals surface area contributed by atoms with Gasteiger partial charge in [-0.15, -0.1) is 0 Å². The lowest BCUT2D eigenvalue weighted by atomic mass is 9.80. The van der Waals surface area contributed by atoms with Gasteiger partial charge in [0.2, 0.25) is 5.82 Å². The highest BCUT2D eigenvalue weighted by Crippen LogP contribution is 2.34. The van der Waals surface area contributed by atoms with Crippen molar-refractivity contribution in [2.75, 3.05) is 5.32 Å². The average Bonchev–Trinajstić information content (AvgIpc) is 3.21. The molecule has 0 radical (unpaired) electrons. The summed E-state index contributed by atoms with van der Waals surface area (Å²) < 4.78 is 41.3. The fraction of sp³-hybridized carbons (Fsp3) is 0.357. The quantitative estimate of drug-likeness (QED) is 0.277. The van der Waals surface area contributed by atoms with E-state index in [2.05, 4.69) is 15.3 Å². The molecule has 2 heterocycles. The van der Waals surface area contributed by atoms with E-state index in [1.54, 1.807) is 0 Å². The standard InChI is InChI=1S/C28H28F3N5O2/c1-3-17-6-4-9-20(14-17)26-35-24-22(36(26)15-18-10-12-21(13-11-18)28(29,30)31)23(33-25(34-24)27(37)38)32-16(2)19-7-5-8-19/h4,6,9-14,16,19H,3,5,7-8,15H2,1-2H3,(H,37,38)(H,32,33,34). The predicted molar refractivity (Wildman–Crippen MR) is 138 cm³/mol. The van der Waals surface area contributed by atoms with E-state index >= 15 is 0 Å². The van der Waals surface area contributed by atoms with E-state index in [0.717, 1.165) is 48.9 Å². The van der Waals surface area contributed by atoms with E-state index in [4.69, 9.17) is 4.98 Å². The first-order valence-corrected chi connectivity index (χ1v) is 12.7. The lowest BCUT2D eigenvalue weighted by molar-refractivity contribution is -0.137. The first-order valence-electron chi connectivity index (χ1n) is 12.7. The molecule has 7 nitrogen and oxygen atoms in total. The second-order valence-corrected chi connectivity index (χ2v) is 9.77. The van der Waals surface area contributed by atoms with Crippen LogP contribution in [-0.2, 0) is 19.1 Å². The minimum atomic E-state index is -4.43. The van der Waals surface area contributed by atoms with Crippen LogP contribution >= 0.6 is 0 Å². The van der Waals surface area contributed by atoms with E-state index < -0.39 is 17.7 Å². The zero-order valence-electron chi connectivity index (χ0n) is 21.1. The van der Waals surface area contributed by atoms with E-state index in [9.17, 15) is 23.1 Å². The smallest absolute Gasteiger partial charge is 0.416 e. The summed E-state index contributed by atoms with van der Waals surface area (Å²) in [4.78, 5) is 25.2. The lowest BCUT2D eigenvalue weighted by Gasteiger charge is -2.32. The normalized spacial score (nSPS) is 14.9. The minimum absolute atomic E-state index is 0.0461.